The normalized spacial score (nSPS) is 38.3. The lowest BCUT2D eigenvalue weighted by Gasteiger charge is -2.62. The molecule has 1 heterocycles. The molecule has 1 aromatic rings. The highest BCUT2D eigenvalue weighted by molar-refractivity contribution is 7.15. The Kier molecular flexibility index (Phi) is 3.69. The molecule has 4 N–H and O–H groups in total. The van der Waals surface area contributed by atoms with Crippen LogP contribution in [0.2, 0.25) is 0 Å². The molecule has 0 aromatic carbocycles. The largest absolute Gasteiger partial charge is 0.390 e. The number of hydrogen-bond donors (Lipinski definition) is 3. The van der Waals surface area contributed by atoms with Crippen LogP contribution in [-0.2, 0) is 11.2 Å². The van der Waals surface area contributed by atoms with Gasteiger partial charge in [0, 0.05) is 10.9 Å². The number of carbonyl (C=O) groups excluding carboxylic acids is 1. The first-order valence-electron chi connectivity index (χ1n) is 9.00. The predicted molar refractivity (Wildman–Crippen MR) is 94.6 cm³/mol. The van der Waals surface area contributed by atoms with E-state index in [2.05, 4.69) is 17.2 Å². The van der Waals surface area contributed by atoms with E-state index in [-0.39, 0.29) is 17.4 Å². The van der Waals surface area contributed by atoms with Crippen molar-refractivity contribution >= 4 is 22.4 Å². The Morgan fingerprint density at radius 3 is 2.62 bits per heavy atom. The zero-order valence-electron chi connectivity index (χ0n) is 14.5. The first kappa shape index (κ1) is 16.3. The second kappa shape index (κ2) is 5.43. The SMILES string of the molecule is Cc1nc(N)sc1CC(=O)NC(C)C12CC3CC(CC(O)(C3)C1)C2. The fourth-order valence-electron chi connectivity index (χ4n) is 6.00. The van der Waals surface area contributed by atoms with Gasteiger partial charge in [-0.25, -0.2) is 4.98 Å². The summed E-state index contributed by atoms with van der Waals surface area (Å²) in [5.74, 6) is 1.32. The van der Waals surface area contributed by atoms with Gasteiger partial charge in [-0.05, 0) is 69.6 Å². The Balaban J connectivity index is 1.45. The van der Waals surface area contributed by atoms with E-state index in [1.807, 2.05) is 6.92 Å². The van der Waals surface area contributed by atoms with Crippen molar-refractivity contribution < 1.29 is 9.90 Å². The molecule has 132 valence electrons. The van der Waals surface area contributed by atoms with Gasteiger partial charge in [-0.2, -0.15) is 0 Å². The maximum atomic E-state index is 12.5. The molecule has 0 radical (unpaired) electrons. The number of nitrogen functional groups attached to an aromatic ring is 1. The summed E-state index contributed by atoms with van der Waals surface area (Å²) in [7, 11) is 0. The van der Waals surface area contributed by atoms with Gasteiger partial charge in [-0.15, -0.1) is 11.3 Å². The van der Waals surface area contributed by atoms with Crippen molar-refractivity contribution in [3.8, 4) is 0 Å². The van der Waals surface area contributed by atoms with Crippen LogP contribution in [0.15, 0.2) is 0 Å². The molecule has 0 saturated heterocycles. The van der Waals surface area contributed by atoms with Crippen LogP contribution in [0.3, 0.4) is 0 Å². The van der Waals surface area contributed by atoms with Crippen LogP contribution in [0.25, 0.3) is 0 Å². The van der Waals surface area contributed by atoms with Gasteiger partial charge in [0.05, 0.1) is 17.7 Å². The van der Waals surface area contributed by atoms with Crippen LogP contribution in [0.5, 0.6) is 0 Å². The summed E-state index contributed by atoms with van der Waals surface area (Å²) in [6, 6.07) is 0.105. The maximum absolute atomic E-state index is 12.5. The minimum absolute atomic E-state index is 0.0389. The minimum Gasteiger partial charge on any atom is -0.390 e. The minimum atomic E-state index is -0.480. The van der Waals surface area contributed by atoms with Gasteiger partial charge in [0.2, 0.25) is 5.91 Å². The highest BCUT2D eigenvalue weighted by Gasteiger charge is 2.58. The number of hydrogen-bond acceptors (Lipinski definition) is 5. The Hall–Kier alpha value is -1.14. The molecule has 4 bridgehead atoms. The summed E-state index contributed by atoms with van der Waals surface area (Å²) >= 11 is 1.39. The zero-order valence-corrected chi connectivity index (χ0v) is 15.3. The molecule has 24 heavy (non-hydrogen) atoms. The van der Waals surface area contributed by atoms with Gasteiger partial charge < -0.3 is 16.2 Å². The van der Waals surface area contributed by atoms with E-state index in [9.17, 15) is 9.90 Å². The van der Waals surface area contributed by atoms with E-state index in [4.69, 9.17) is 5.73 Å². The molecule has 0 aliphatic heterocycles. The summed E-state index contributed by atoms with van der Waals surface area (Å²) in [5.41, 5.74) is 6.17. The molecule has 5 rings (SSSR count). The molecule has 4 fully saturated rings. The lowest BCUT2D eigenvalue weighted by atomic mass is 9.46. The molecule has 3 unspecified atom stereocenters. The molecule has 6 heteroatoms. The summed E-state index contributed by atoms with van der Waals surface area (Å²) in [5, 5.41) is 14.6. The lowest BCUT2D eigenvalue weighted by molar-refractivity contribution is -0.173. The van der Waals surface area contributed by atoms with E-state index >= 15 is 0 Å². The van der Waals surface area contributed by atoms with Crippen molar-refractivity contribution in [1.82, 2.24) is 10.3 Å². The third-order valence-corrected chi connectivity index (χ3v) is 7.59. The van der Waals surface area contributed by atoms with Crippen LogP contribution in [0.1, 0.15) is 56.0 Å². The molecule has 0 spiro atoms. The average molecular weight is 350 g/mol. The number of aliphatic hydroxyl groups is 1. The maximum Gasteiger partial charge on any atom is 0.225 e. The molecule has 3 atom stereocenters. The molecule has 5 nitrogen and oxygen atoms in total. The first-order valence-corrected chi connectivity index (χ1v) is 9.82. The number of nitrogens with zero attached hydrogens (tertiary/aromatic N) is 1. The van der Waals surface area contributed by atoms with E-state index in [0.29, 0.717) is 23.4 Å². The number of nitrogens with one attached hydrogen (secondary N) is 1. The van der Waals surface area contributed by atoms with E-state index in [1.165, 1.54) is 17.8 Å². The number of thiazole rings is 1. The summed E-state index contributed by atoms with van der Waals surface area (Å²) < 4.78 is 0. The molecule has 4 aliphatic rings. The van der Waals surface area contributed by atoms with Crippen LogP contribution in [0, 0.1) is 24.2 Å². The van der Waals surface area contributed by atoms with Crippen molar-refractivity contribution in [2.75, 3.05) is 5.73 Å². The van der Waals surface area contributed by atoms with Gasteiger partial charge in [0.25, 0.3) is 0 Å². The van der Waals surface area contributed by atoms with Crippen molar-refractivity contribution in [3.05, 3.63) is 10.6 Å². The number of aryl methyl sites for hydroxylation is 1. The first-order chi connectivity index (χ1) is 11.3. The molecule has 1 amide bonds. The number of rotatable bonds is 4. The number of amides is 1. The fraction of sp³-hybridized carbons (Fsp3) is 0.778. The van der Waals surface area contributed by atoms with Crippen LogP contribution >= 0.6 is 11.3 Å². The van der Waals surface area contributed by atoms with Crippen LogP contribution < -0.4 is 11.1 Å². The monoisotopic (exact) mass is 349 g/mol. The van der Waals surface area contributed by atoms with E-state index in [1.54, 1.807) is 0 Å². The van der Waals surface area contributed by atoms with E-state index < -0.39 is 5.60 Å². The Labute approximate surface area is 147 Å². The number of anilines is 1. The molecular formula is C18H27N3O2S. The summed E-state index contributed by atoms with van der Waals surface area (Å²) in [6.45, 7) is 4.02. The fourth-order valence-corrected chi connectivity index (χ4v) is 6.83. The standard InChI is InChI=1S/C18H27N3O2S/c1-10-14(24-16(19)20-10)4-15(22)21-11(2)17-5-12-3-13(6-17)8-18(23,7-12)9-17/h11-13,23H,3-9H2,1-2H3,(H2,19,20)(H,21,22). The molecule has 4 aliphatic carbocycles. The smallest absolute Gasteiger partial charge is 0.225 e. The third kappa shape index (κ3) is 2.73. The van der Waals surface area contributed by atoms with Crippen molar-refractivity contribution in [1.29, 1.82) is 0 Å². The van der Waals surface area contributed by atoms with Gasteiger partial charge in [-0.1, -0.05) is 0 Å². The molecular weight excluding hydrogens is 322 g/mol. The van der Waals surface area contributed by atoms with Crippen LogP contribution in [-0.4, -0.2) is 27.6 Å². The second-order valence-electron chi connectivity index (χ2n) is 8.57. The molecule has 4 saturated carbocycles. The van der Waals surface area contributed by atoms with Crippen molar-refractivity contribution in [3.63, 3.8) is 0 Å². The molecule has 1 aromatic heterocycles. The number of aromatic nitrogens is 1. The lowest BCUT2D eigenvalue weighted by Crippen LogP contribution is -2.61. The predicted octanol–water partition coefficient (Wildman–Crippen LogP) is 2.41. The van der Waals surface area contributed by atoms with Gasteiger partial charge in [-0.3, -0.25) is 4.79 Å². The Morgan fingerprint density at radius 1 is 1.42 bits per heavy atom. The number of carbonyl (C=O) groups is 1. The summed E-state index contributed by atoms with van der Waals surface area (Å²) in [4.78, 5) is 17.7. The van der Waals surface area contributed by atoms with Gasteiger partial charge in [0.15, 0.2) is 5.13 Å². The van der Waals surface area contributed by atoms with E-state index in [0.717, 1.165) is 42.7 Å². The highest BCUT2D eigenvalue weighted by atomic mass is 32.1. The van der Waals surface area contributed by atoms with Crippen LogP contribution in [0.4, 0.5) is 5.13 Å². The third-order valence-electron chi connectivity index (χ3n) is 6.60. The highest BCUT2D eigenvalue weighted by Crippen LogP contribution is 2.62. The van der Waals surface area contributed by atoms with Gasteiger partial charge in [0.1, 0.15) is 0 Å². The van der Waals surface area contributed by atoms with Gasteiger partial charge >= 0.3 is 0 Å². The quantitative estimate of drug-likeness (QED) is 0.779. The topological polar surface area (TPSA) is 88.2 Å². The van der Waals surface area contributed by atoms with Crippen molar-refractivity contribution in [2.24, 2.45) is 17.3 Å². The number of nitrogens with two attached hydrogens (primary N) is 1. The zero-order chi connectivity index (χ0) is 17.1. The summed E-state index contributed by atoms with van der Waals surface area (Å²) in [6.07, 6.45) is 6.69. The second-order valence-corrected chi connectivity index (χ2v) is 9.69. The Bertz CT molecular complexity index is 657. The van der Waals surface area contributed by atoms with Crippen molar-refractivity contribution in [2.45, 2.75) is 70.4 Å². The average Bonchev–Trinajstić information content (AvgIpc) is 2.73. The Morgan fingerprint density at radius 2 is 2.08 bits per heavy atom.